The van der Waals surface area contributed by atoms with E-state index >= 15 is 0 Å². The second-order valence-corrected chi connectivity index (χ2v) is 3.67. The maximum atomic E-state index is 10.4. The van der Waals surface area contributed by atoms with Gasteiger partial charge in [-0.2, -0.15) is 0 Å². The third kappa shape index (κ3) is 2.96. The van der Waals surface area contributed by atoms with Gasteiger partial charge in [-0.25, -0.2) is 8.42 Å². The standard InChI is InChI=1S/C8H7NO4S.Na/c10-14(11,12)13-8-5-9-7-4-2-1-3-6(7)8;/h1-5,9H,(H,10,11,12);/q;+1/p-1. The number of nitrogens with one attached hydrogen (secondary N) is 1. The van der Waals surface area contributed by atoms with Gasteiger partial charge < -0.3 is 13.7 Å². The quantitative estimate of drug-likeness (QED) is 0.371. The van der Waals surface area contributed by atoms with Crippen molar-refractivity contribution < 1.29 is 46.7 Å². The number of rotatable bonds is 2. The first-order valence-corrected chi connectivity index (χ1v) is 5.11. The first-order valence-electron chi connectivity index (χ1n) is 3.78. The zero-order valence-electron chi connectivity index (χ0n) is 7.93. The number of para-hydroxylation sites is 1. The van der Waals surface area contributed by atoms with Gasteiger partial charge in [0.2, 0.25) is 0 Å². The Balaban J connectivity index is 0.00000112. The van der Waals surface area contributed by atoms with Crippen LogP contribution in [0.5, 0.6) is 5.75 Å². The average Bonchev–Trinajstić information content (AvgIpc) is 2.47. The van der Waals surface area contributed by atoms with Gasteiger partial charge in [0.05, 0.1) is 0 Å². The molecule has 0 unspecified atom stereocenters. The Morgan fingerprint density at radius 1 is 1.27 bits per heavy atom. The van der Waals surface area contributed by atoms with Gasteiger partial charge in [0.15, 0.2) is 5.75 Å². The summed E-state index contributed by atoms with van der Waals surface area (Å²) in [5, 5.41) is 0.562. The average molecular weight is 235 g/mol. The zero-order chi connectivity index (χ0) is 10.2. The molecule has 0 fully saturated rings. The van der Waals surface area contributed by atoms with E-state index in [-0.39, 0.29) is 35.3 Å². The maximum absolute atomic E-state index is 10.4. The molecule has 2 aromatic rings. The van der Waals surface area contributed by atoms with Gasteiger partial charge >= 0.3 is 29.6 Å². The fraction of sp³-hybridized carbons (Fsp3) is 0. The van der Waals surface area contributed by atoms with E-state index in [1.807, 2.05) is 0 Å². The molecule has 74 valence electrons. The molecule has 5 nitrogen and oxygen atoms in total. The van der Waals surface area contributed by atoms with Gasteiger partial charge in [0.1, 0.15) is 0 Å². The van der Waals surface area contributed by atoms with E-state index < -0.39 is 10.4 Å². The number of benzene rings is 1. The minimum absolute atomic E-state index is 0. The van der Waals surface area contributed by atoms with Crippen LogP contribution in [-0.4, -0.2) is 18.0 Å². The van der Waals surface area contributed by atoms with E-state index in [1.165, 1.54) is 6.20 Å². The molecule has 15 heavy (non-hydrogen) atoms. The minimum atomic E-state index is -4.71. The summed E-state index contributed by atoms with van der Waals surface area (Å²) in [5.41, 5.74) is 0.714. The van der Waals surface area contributed by atoms with Gasteiger partial charge in [-0.1, -0.05) is 12.1 Å². The Labute approximate surface area is 109 Å². The Bertz CT molecular complexity index is 563. The SMILES string of the molecule is O=S(=O)([O-])Oc1c[nH]c2ccccc12.[Na+]. The third-order valence-electron chi connectivity index (χ3n) is 1.74. The van der Waals surface area contributed by atoms with Crippen LogP contribution in [0.2, 0.25) is 0 Å². The number of hydrogen-bond donors (Lipinski definition) is 1. The second-order valence-electron chi connectivity index (χ2n) is 2.69. The fourth-order valence-electron chi connectivity index (χ4n) is 1.22. The van der Waals surface area contributed by atoms with Crippen LogP contribution >= 0.6 is 0 Å². The summed E-state index contributed by atoms with van der Waals surface area (Å²) in [6, 6.07) is 6.92. The minimum Gasteiger partial charge on any atom is -0.716 e. The fourth-order valence-corrected chi connectivity index (χ4v) is 1.58. The molecule has 0 bridgehead atoms. The molecular weight excluding hydrogens is 229 g/mol. The Morgan fingerprint density at radius 2 is 1.93 bits per heavy atom. The molecule has 0 spiro atoms. The van der Waals surface area contributed by atoms with E-state index in [1.54, 1.807) is 24.3 Å². The van der Waals surface area contributed by atoms with E-state index in [2.05, 4.69) is 9.17 Å². The molecule has 0 amide bonds. The largest absolute Gasteiger partial charge is 1.00 e. The third-order valence-corrected chi connectivity index (χ3v) is 2.13. The monoisotopic (exact) mass is 235 g/mol. The van der Waals surface area contributed by atoms with Crippen molar-refractivity contribution in [1.29, 1.82) is 0 Å². The smallest absolute Gasteiger partial charge is 0.716 e. The molecule has 0 radical (unpaired) electrons. The molecule has 1 aromatic heterocycles. The predicted octanol–water partition coefficient (Wildman–Crippen LogP) is -1.99. The van der Waals surface area contributed by atoms with Crippen molar-refractivity contribution in [3.05, 3.63) is 30.5 Å². The van der Waals surface area contributed by atoms with Gasteiger partial charge in [-0.05, 0) is 12.1 Å². The number of fused-ring (bicyclic) bond motifs is 1. The molecule has 1 N–H and O–H groups in total. The summed E-state index contributed by atoms with van der Waals surface area (Å²) >= 11 is 0. The summed E-state index contributed by atoms with van der Waals surface area (Å²) < 4.78 is 35.3. The van der Waals surface area contributed by atoms with Crippen molar-refractivity contribution in [3.63, 3.8) is 0 Å². The Hall–Kier alpha value is -0.530. The first kappa shape index (κ1) is 12.5. The first-order chi connectivity index (χ1) is 6.56. The summed E-state index contributed by atoms with van der Waals surface area (Å²) in [4.78, 5) is 2.78. The van der Waals surface area contributed by atoms with Crippen molar-refractivity contribution in [3.8, 4) is 5.75 Å². The van der Waals surface area contributed by atoms with Crippen LogP contribution in [0.3, 0.4) is 0 Å². The van der Waals surface area contributed by atoms with Crippen LogP contribution in [0.1, 0.15) is 0 Å². The van der Waals surface area contributed by atoms with Crippen molar-refractivity contribution in [2.24, 2.45) is 0 Å². The van der Waals surface area contributed by atoms with E-state index in [4.69, 9.17) is 0 Å². The van der Waals surface area contributed by atoms with E-state index in [9.17, 15) is 13.0 Å². The van der Waals surface area contributed by atoms with Crippen LogP contribution < -0.4 is 33.7 Å². The van der Waals surface area contributed by atoms with Gasteiger partial charge in [0.25, 0.3) is 10.4 Å². The predicted molar refractivity (Wildman–Crippen MR) is 48.6 cm³/mol. The molecule has 0 saturated heterocycles. The normalized spacial score (nSPS) is 11.0. The van der Waals surface area contributed by atoms with Crippen molar-refractivity contribution in [2.45, 2.75) is 0 Å². The molecule has 0 aliphatic heterocycles. The number of hydrogen-bond acceptors (Lipinski definition) is 4. The van der Waals surface area contributed by atoms with Crippen molar-refractivity contribution in [1.82, 2.24) is 4.98 Å². The van der Waals surface area contributed by atoms with Crippen LogP contribution in [0.25, 0.3) is 10.9 Å². The Morgan fingerprint density at radius 3 is 2.60 bits per heavy atom. The van der Waals surface area contributed by atoms with Crippen molar-refractivity contribution in [2.75, 3.05) is 0 Å². The van der Waals surface area contributed by atoms with Crippen molar-refractivity contribution >= 4 is 21.3 Å². The van der Waals surface area contributed by atoms with Gasteiger partial charge in [0, 0.05) is 17.1 Å². The number of aromatic amines is 1. The van der Waals surface area contributed by atoms with Crippen LogP contribution in [0.4, 0.5) is 0 Å². The molecule has 0 atom stereocenters. The zero-order valence-corrected chi connectivity index (χ0v) is 10.7. The van der Waals surface area contributed by atoms with Gasteiger partial charge in [-0.15, -0.1) is 0 Å². The summed E-state index contributed by atoms with van der Waals surface area (Å²) in [6.45, 7) is 0. The van der Waals surface area contributed by atoms with E-state index in [0.717, 1.165) is 0 Å². The molecule has 2 rings (SSSR count). The molecule has 0 saturated carbocycles. The van der Waals surface area contributed by atoms with Gasteiger partial charge in [-0.3, -0.25) is 0 Å². The van der Waals surface area contributed by atoms with Crippen LogP contribution in [0.15, 0.2) is 30.5 Å². The molecule has 0 aliphatic rings. The summed E-state index contributed by atoms with van der Waals surface area (Å²) in [7, 11) is -4.71. The molecule has 1 aromatic carbocycles. The number of aromatic nitrogens is 1. The van der Waals surface area contributed by atoms with E-state index in [0.29, 0.717) is 10.9 Å². The summed E-state index contributed by atoms with van der Waals surface area (Å²) in [5.74, 6) is 0.0237. The van der Waals surface area contributed by atoms with Crippen LogP contribution in [-0.2, 0) is 10.4 Å². The molecule has 7 heteroatoms. The second kappa shape index (κ2) is 4.54. The number of H-pyrrole nitrogens is 1. The molecule has 0 aliphatic carbocycles. The molecular formula is C8H6NNaO4S. The van der Waals surface area contributed by atoms with Crippen LogP contribution in [0, 0.1) is 0 Å². The Kier molecular flexibility index (Phi) is 3.80. The molecule has 1 heterocycles. The topological polar surface area (TPSA) is 82.2 Å². The maximum Gasteiger partial charge on any atom is 1.00 e. The summed E-state index contributed by atoms with van der Waals surface area (Å²) in [6.07, 6.45) is 1.33.